The summed E-state index contributed by atoms with van der Waals surface area (Å²) in [6.07, 6.45) is 2.02. The van der Waals surface area contributed by atoms with E-state index in [1.165, 1.54) is 6.26 Å². The number of benzene rings is 2. The highest BCUT2D eigenvalue weighted by atomic mass is 32.2. The summed E-state index contributed by atoms with van der Waals surface area (Å²) in [6.45, 7) is 3.08. The number of nitrogens with zero attached hydrogens (tertiary/aromatic N) is 2. The molecule has 0 radical (unpaired) electrons. The lowest BCUT2D eigenvalue weighted by atomic mass is 10.1. The summed E-state index contributed by atoms with van der Waals surface area (Å²) >= 11 is 1.65. The lowest BCUT2D eigenvalue weighted by Crippen LogP contribution is -2.37. The van der Waals surface area contributed by atoms with E-state index in [9.17, 15) is 8.42 Å². The van der Waals surface area contributed by atoms with Gasteiger partial charge >= 0.3 is 0 Å². The van der Waals surface area contributed by atoms with Crippen LogP contribution in [0, 0.1) is 6.92 Å². The highest BCUT2D eigenvalue weighted by Crippen LogP contribution is 2.23. The fourth-order valence-corrected chi connectivity index (χ4v) is 4.91. The van der Waals surface area contributed by atoms with Gasteiger partial charge in [-0.3, -0.25) is 4.99 Å². The molecule has 1 heterocycles. The Bertz CT molecular complexity index is 1120. The number of thiazole rings is 1. The van der Waals surface area contributed by atoms with Gasteiger partial charge < -0.3 is 10.6 Å². The van der Waals surface area contributed by atoms with E-state index in [4.69, 9.17) is 4.98 Å². The van der Waals surface area contributed by atoms with Gasteiger partial charge in [-0.15, -0.1) is 11.3 Å². The smallest absolute Gasteiger partial charge is 0.191 e. The van der Waals surface area contributed by atoms with Crippen molar-refractivity contribution in [2.45, 2.75) is 24.8 Å². The molecule has 3 aromatic rings. The molecule has 0 spiro atoms. The van der Waals surface area contributed by atoms with Crippen LogP contribution in [0.25, 0.3) is 10.6 Å². The molecule has 158 valence electrons. The maximum Gasteiger partial charge on any atom is 0.191 e. The van der Waals surface area contributed by atoms with E-state index in [1.54, 1.807) is 24.5 Å². The van der Waals surface area contributed by atoms with E-state index in [0.717, 1.165) is 33.8 Å². The molecule has 0 fully saturated rings. The van der Waals surface area contributed by atoms with Gasteiger partial charge in [0.2, 0.25) is 0 Å². The van der Waals surface area contributed by atoms with Crippen molar-refractivity contribution in [2.75, 3.05) is 19.8 Å². The third-order valence-electron chi connectivity index (χ3n) is 4.57. The minimum Gasteiger partial charge on any atom is -0.356 e. The molecule has 0 atom stereocenters. The molecule has 0 saturated carbocycles. The van der Waals surface area contributed by atoms with Crippen LogP contribution in [-0.2, 0) is 22.8 Å². The third kappa shape index (κ3) is 5.90. The molecule has 1 aromatic heterocycles. The number of hydrogen-bond donors (Lipinski definition) is 2. The van der Waals surface area contributed by atoms with Crippen LogP contribution >= 0.6 is 11.3 Å². The number of guanidine groups is 1. The second-order valence-corrected chi connectivity index (χ2v) is 9.83. The first kappa shape index (κ1) is 22.0. The third-order valence-corrected chi connectivity index (χ3v) is 6.77. The molecule has 2 N–H and O–H groups in total. The van der Waals surface area contributed by atoms with Crippen molar-refractivity contribution < 1.29 is 8.42 Å². The second kappa shape index (κ2) is 9.86. The lowest BCUT2D eigenvalue weighted by Gasteiger charge is -2.12. The Morgan fingerprint density at radius 3 is 2.57 bits per heavy atom. The van der Waals surface area contributed by atoms with Crippen LogP contribution in [0.2, 0.25) is 0 Å². The average Bonchev–Trinajstić information content (AvgIpc) is 3.19. The average molecular weight is 443 g/mol. The van der Waals surface area contributed by atoms with E-state index >= 15 is 0 Å². The SMILES string of the molecule is CN=C(NCCc1csc(-c2ccccc2)n1)NCc1ccc(S(C)(=O)=O)c(C)c1. The zero-order chi connectivity index (χ0) is 21.6. The Morgan fingerprint density at radius 2 is 1.90 bits per heavy atom. The predicted octanol–water partition coefficient (Wildman–Crippen LogP) is 3.43. The van der Waals surface area contributed by atoms with Crippen LogP contribution in [0.15, 0.2) is 63.8 Å². The molecule has 0 aliphatic rings. The Hall–Kier alpha value is -2.71. The normalized spacial score (nSPS) is 12.0. The van der Waals surface area contributed by atoms with E-state index in [1.807, 2.05) is 37.3 Å². The first-order valence-corrected chi connectivity index (χ1v) is 12.4. The van der Waals surface area contributed by atoms with Crippen LogP contribution in [0.1, 0.15) is 16.8 Å². The van der Waals surface area contributed by atoms with Crippen molar-refractivity contribution in [3.8, 4) is 10.6 Å². The maximum absolute atomic E-state index is 11.7. The molecule has 0 unspecified atom stereocenters. The maximum atomic E-state index is 11.7. The molecule has 3 rings (SSSR count). The number of aromatic nitrogens is 1. The van der Waals surface area contributed by atoms with Gasteiger partial charge in [0.1, 0.15) is 5.01 Å². The van der Waals surface area contributed by atoms with E-state index < -0.39 is 9.84 Å². The molecular formula is C22H26N4O2S2. The van der Waals surface area contributed by atoms with Crippen molar-refractivity contribution >= 4 is 27.1 Å². The van der Waals surface area contributed by atoms with Crippen molar-refractivity contribution in [2.24, 2.45) is 4.99 Å². The van der Waals surface area contributed by atoms with Gasteiger partial charge in [0, 0.05) is 43.8 Å². The van der Waals surface area contributed by atoms with Gasteiger partial charge in [0.15, 0.2) is 15.8 Å². The summed E-state index contributed by atoms with van der Waals surface area (Å²) in [7, 11) is -1.48. The predicted molar refractivity (Wildman–Crippen MR) is 124 cm³/mol. The fourth-order valence-electron chi connectivity index (χ4n) is 3.09. The Labute approximate surface area is 182 Å². The fraction of sp³-hybridized carbons (Fsp3) is 0.273. The summed E-state index contributed by atoms with van der Waals surface area (Å²) in [6, 6.07) is 15.5. The monoisotopic (exact) mass is 442 g/mol. The molecule has 0 amide bonds. The molecule has 0 saturated heterocycles. The van der Waals surface area contributed by atoms with Gasteiger partial charge in [-0.05, 0) is 24.1 Å². The molecule has 0 aliphatic carbocycles. The van der Waals surface area contributed by atoms with E-state index in [0.29, 0.717) is 23.9 Å². The van der Waals surface area contributed by atoms with Crippen LogP contribution in [0.5, 0.6) is 0 Å². The Balaban J connectivity index is 1.50. The van der Waals surface area contributed by atoms with Crippen LogP contribution in [-0.4, -0.2) is 39.2 Å². The zero-order valence-electron chi connectivity index (χ0n) is 17.3. The van der Waals surface area contributed by atoms with Gasteiger partial charge in [0.25, 0.3) is 0 Å². The van der Waals surface area contributed by atoms with Gasteiger partial charge in [0.05, 0.1) is 10.6 Å². The van der Waals surface area contributed by atoms with Crippen molar-refractivity contribution in [1.29, 1.82) is 0 Å². The highest BCUT2D eigenvalue weighted by molar-refractivity contribution is 7.90. The summed E-state index contributed by atoms with van der Waals surface area (Å²) in [4.78, 5) is 9.32. The van der Waals surface area contributed by atoms with Crippen molar-refractivity contribution in [1.82, 2.24) is 15.6 Å². The molecule has 30 heavy (non-hydrogen) atoms. The summed E-state index contributed by atoms with van der Waals surface area (Å²) in [5, 5.41) is 9.67. The number of sulfone groups is 1. The lowest BCUT2D eigenvalue weighted by molar-refractivity contribution is 0.601. The Morgan fingerprint density at radius 1 is 1.13 bits per heavy atom. The van der Waals surface area contributed by atoms with Crippen LogP contribution in [0.4, 0.5) is 0 Å². The van der Waals surface area contributed by atoms with Gasteiger partial charge in [-0.1, -0.05) is 42.5 Å². The minimum atomic E-state index is -3.20. The molecule has 2 aromatic carbocycles. The minimum absolute atomic E-state index is 0.367. The summed E-state index contributed by atoms with van der Waals surface area (Å²) in [5.74, 6) is 0.693. The van der Waals surface area contributed by atoms with Crippen molar-refractivity contribution in [3.05, 3.63) is 70.7 Å². The quantitative estimate of drug-likeness (QED) is 0.433. The molecule has 6 nitrogen and oxygen atoms in total. The van der Waals surface area contributed by atoms with Crippen molar-refractivity contribution in [3.63, 3.8) is 0 Å². The van der Waals surface area contributed by atoms with Crippen LogP contribution < -0.4 is 10.6 Å². The number of hydrogen-bond acceptors (Lipinski definition) is 5. The number of aliphatic imine (C=N–C) groups is 1. The van der Waals surface area contributed by atoms with Gasteiger partial charge in [-0.2, -0.15) is 0 Å². The standard InChI is InChI=1S/C22H26N4O2S2/c1-16-13-17(9-10-20(16)30(3,27)28)14-25-22(23-2)24-12-11-19-15-29-21(26-19)18-7-5-4-6-8-18/h4-10,13,15H,11-12,14H2,1-3H3,(H2,23,24,25). The molecule has 8 heteroatoms. The van der Waals surface area contributed by atoms with Gasteiger partial charge in [-0.25, -0.2) is 13.4 Å². The van der Waals surface area contributed by atoms with Crippen LogP contribution in [0.3, 0.4) is 0 Å². The number of rotatable bonds is 7. The molecule has 0 bridgehead atoms. The zero-order valence-corrected chi connectivity index (χ0v) is 19.0. The van der Waals surface area contributed by atoms with E-state index in [-0.39, 0.29) is 0 Å². The molecule has 0 aliphatic heterocycles. The number of aryl methyl sites for hydroxylation is 1. The first-order valence-electron chi connectivity index (χ1n) is 9.61. The molecular weight excluding hydrogens is 416 g/mol. The number of nitrogens with one attached hydrogen (secondary N) is 2. The topological polar surface area (TPSA) is 83.4 Å². The second-order valence-electron chi connectivity index (χ2n) is 6.98. The summed E-state index contributed by atoms with van der Waals surface area (Å²) in [5.41, 5.74) is 3.93. The Kier molecular flexibility index (Phi) is 7.23. The summed E-state index contributed by atoms with van der Waals surface area (Å²) < 4.78 is 23.5. The first-order chi connectivity index (χ1) is 14.4. The van der Waals surface area contributed by atoms with E-state index in [2.05, 4.69) is 33.1 Å². The largest absolute Gasteiger partial charge is 0.356 e. The highest BCUT2D eigenvalue weighted by Gasteiger charge is 2.11.